The summed E-state index contributed by atoms with van der Waals surface area (Å²) >= 11 is 13.3. The number of carboxylic acids is 2. The van der Waals surface area contributed by atoms with Gasteiger partial charge in [-0.2, -0.15) is 5.26 Å². The molecule has 0 bridgehead atoms. The van der Waals surface area contributed by atoms with Crippen LogP contribution in [0.2, 0.25) is 10.0 Å². The minimum Gasteiger partial charge on any atom is -0.488 e. The first-order valence-corrected chi connectivity index (χ1v) is 20.9. The van der Waals surface area contributed by atoms with Crippen LogP contribution in [0, 0.1) is 25.2 Å². The number of hydrogen-bond donors (Lipinski definition) is 6. The van der Waals surface area contributed by atoms with Crippen molar-refractivity contribution < 1.29 is 39.5 Å². The molecule has 0 spiro atoms. The van der Waals surface area contributed by atoms with Gasteiger partial charge in [0.2, 0.25) is 0 Å². The van der Waals surface area contributed by atoms with Crippen molar-refractivity contribution in [2.24, 2.45) is 0 Å². The number of pyridine rings is 1. The molecule has 14 heteroatoms. The van der Waals surface area contributed by atoms with E-state index in [1.807, 2.05) is 43.3 Å². The van der Waals surface area contributed by atoms with Crippen LogP contribution in [0.1, 0.15) is 64.3 Å². The number of allylic oxidation sites excluding steroid dienone is 2. The fraction of sp³-hybridized carbons (Fsp3) is 0.265. The highest BCUT2D eigenvalue weighted by Gasteiger charge is 2.17. The van der Waals surface area contributed by atoms with E-state index in [1.165, 1.54) is 6.20 Å². The van der Waals surface area contributed by atoms with Gasteiger partial charge in [-0.15, -0.1) is 0 Å². The molecule has 4 aromatic carbocycles. The van der Waals surface area contributed by atoms with Crippen LogP contribution in [0.25, 0.3) is 29.4 Å². The Morgan fingerprint density at radius 1 is 0.810 bits per heavy atom. The SMILES string of the molecule is C=c1c(Cl)ccc(CNC[C@@H](O)CC(=O)O)/c1=C/C=C(\C)c1cccc(-c2cccc(COc3cc(OCc4cncc(C#N)c4)c(CNC[C@@H](O)CC(=O)O)cc3Cl)c2C)c1C. The molecule has 0 unspecified atom stereocenters. The Balaban J connectivity index is 1.37. The number of nitriles is 1. The number of rotatable bonds is 21. The molecule has 0 aliphatic heterocycles. The predicted octanol–water partition coefficient (Wildman–Crippen LogP) is 6.85. The molecule has 0 amide bonds. The van der Waals surface area contributed by atoms with Crippen LogP contribution in [-0.4, -0.2) is 62.6 Å². The third-order valence-electron chi connectivity index (χ3n) is 10.4. The van der Waals surface area contributed by atoms with E-state index in [0.29, 0.717) is 50.0 Å². The Morgan fingerprint density at radius 2 is 1.44 bits per heavy atom. The highest BCUT2D eigenvalue weighted by Crippen LogP contribution is 2.36. The number of aliphatic hydroxyl groups is 2. The summed E-state index contributed by atoms with van der Waals surface area (Å²) in [6, 6.07) is 23.1. The molecule has 12 nitrogen and oxygen atoms in total. The summed E-state index contributed by atoms with van der Waals surface area (Å²) in [4.78, 5) is 26.1. The lowest BCUT2D eigenvalue weighted by molar-refractivity contribution is -0.140. The topological polar surface area (TPSA) is 194 Å². The molecule has 1 heterocycles. The van der Waals surface area contributed by atoms with Gasteiger partial charge in [0.15, 0.2) is 0 Å². The van der Waals surface area contributed by atoms with Crippen molar-refractivity contribution >= 4 is 53.4 Å². The number of carboxylic acid groups (broad SMARTS) is 2. The fourth-order valence-corrected chi connectivity index (χ4v) is 7.44. The molecule has 0 saturated heterocycles. The molecule has 0 fully saturated rings. The van der Waals surface area contributed by atoms with Crippen molar-refractivity contribution in [3.63, 3.8) is 0 Å². The maximum Gasteiger partial charge on any atom is 0.306 e. The van der Waals surface area contributed by atoms with Gasteiger partial charge < -0.3 is 40.5 Å². The third kappa shape index (κ3) is 13.5. The van der Waals surface area contributed by atoms with Crippen LogP contribution in [0.15, 0.2) is 85.2 Å². The predicted molar refractivity (Wildman–Crippen MR) is 245 cm³/mol. The van der Waals surface area contributed by atoms with Gasteiger partial charge in [-0.25, -0.2) is 0 Å². The third-order valence-corrected chi connectivity index (χ3v) is 11.1. The smallest absolute Gasteiger partial charge is 0.306 e. The molecule has 1 aromatic heterocycles. The molecule has 0 radical (unpaired) electrons. The molecule has 5 rings (SSSR count). The van der Waals surface area contributed by atoms with Crippen LogP contribution in [0.5, 0.6) is 11.5 Å². The Bertz CT molecular complexity index is 2650. The minimum atomic E-state index is -1.10. The molecule has 2 atom stereocenters. The first-order valence-electron chi connectivity index (χ1n) is 20.1. The van der Waals surface area contributed by atoms with Gasteiger partial charge in [0.1, 0.15) is 30.8 Å². The molecule has 0 aliphatic carbocycles. The molecular formula is C49H50Cl2N4O8. The summed E-state index contributed by atoms with van der Waals surface area (Å²) in [6.45, 7) is 11.4. The highest BCUT2D eigenvalue weighted by atomic mass is 35.5. The number of aliphatic hydroxyl groups excluding tert-OH is 2. The maximum absolute atomic E-state index is 11.0. The summed E-state index contributed by atoms with van der Waals surface area (Å²) in [7, 11) is 0. The zero-order valence-corrected chi connectivity index (χ0v) is 36.8. The fourth-order valence-electron chi connectivity index (χ4n) is 7.03. The molecule has 63 heavy (non-hydrogen) atoms. The quantitative estimate of drug-likeness (QED) is 0.0450. The van der Waals surface area contributed by atoms with Crippen molar-refractivity contribution in [1.29, 1.82) is 5.26 Å². The average molecular weight is 894 g/mol. The van der Waals surface area contributed by atoms with Crippen LogP contribution < -0.4 is 30.5 Å². The highest BCUT2D eigenvalue weighted by molar-refractivity contribution is 6.32. The maximum atomic E-state index is 11.0. The van der Waals surface area contributed by atoms with Gasteiger partial charge >= 0.3 is 11.9 Å². The lowest BCUT2D eigenvalue weighted by Crippen LogP contribution is -2.34. The Kier molecular flexibility index (Phi) is 17.4. The summed E-state index contributed by atoms with van der Waals surface area (Å²) in [5.74, 6) is -1.35. The Labute approximate surface area is 376 Å². The molecular weight excluding hydrogens is 843 g/mol. The van der Waals surface area contributed by atoms with Gasteiger partial charge in [0.25, 0.3) is 0 Å². The largest absolute Gasteiger partial charge is 0.488 e. The summed E-state index contributed by atoms with van der Waals surface area (Å²) in [5, 5.41) is 55.9. The van der Waals surface area contributed by atoms with Crippen LogP contribution >= 0.6 is 23.2 Å². The van der Waals surface area contributed by atoms with Gasteiger partial charge in [-0.1, -0.05) is 84.4 Å². The van der Waals surface area contributed by atoms with E-state index in [4.69, 9.17) is 42.9 Å². The number of ether oxygens (including phenoxy) is 2. The summed E-state index contributed by atoms with van der Waals surface area (Å²) in [5.41, 5.74) is 9.82. The van der Waals surface area contributed by atoms with Crippen molar-refractivity contribution in [1.82, 2.24) is 15.6 Å². The molecule has 6 N–H and O–H groups in total. The van der Waals surface area contributed by atoms with Crippen molar-refractivity contribution in [3.8, 4) is 28.7 Å². The second-order valence-corrected chi connectivity index (χ2v) is 15.9. The number of carbonyl (C=O) groups is 2. The number of benzene rings is 4. The van der Waals surface area contributed by atoms with Crippen molar-refractivity contribution in [2.45, 2.75) is 72.1 Å². The number of aromatic nitrogens is 1. The average Bonchev–Trinajstić information content (AvgIpc) is 3.24. The summed E-state index contributed by atoms with van der Waals surface area (Å²) < 4.78 is 12.6. The number of hydrogen-bond acceptors (Lipinski definition) is 10. The zero-order chi connectivity index (χ0) is 45.6. The van der Waals surface area contributed by atoms with E-state index in [2.05, 4.69) is 60.3 Å². The zero-order valence-electron chi connectivity index (χ0n) is 35.3. The van der Waals surface area contributed by atoms with Gasteiger partial charge in [-0.05, 0) is 93.9 Å². The van der Waals surface area contributed by atoms with E-state index in [1.54, 1.807) is 30.5 Å². The monoisotopic (exact) mass is 892 g/mol. The van der Waals surface area contributed by atoms with E-state index >= 15 is 0 Å². The second-order valence-electron chi connectivity index (χ2n) is 15.1. The molecule has 0 saturated carbocycles. The van der Waals surface area contributed by atoms with Crippen molar-refractivity contribution in [3.05, 3.63) is 150 Å². The van der Waals surface area contributed by atoms with E-state index in [9.17, 15) is 25.1 Å². The number of nitrogens with one attached hydrogen (secondary N) is 2. The number of aliphatic carboxylic acids is 2. The van der Waals surface area contributed by atoms with E-state index in [-0.39, 0.29) is 39.3 Å². The second kappa shape index (κ2) is 22.9. The Hall–Kier alpha value is -6.04. The van der Waals surface area contributed by atoms with Crippen molar-refractivity contribution in [2.75, 3.05) is 13.1 Å². The minimum absolute atomic E-state index is 0.0359. The van der Waals surface area contributed by atoms with Crippen LogP contribution in [0.4, 0.5) is 0 Å². The van der Waals surface area contributed by atoms with E-state index < -0.39 is 30.6 Å². The van der Waals surface area contributed by atoms with Gasteiger partial charge in [0.05, 0.1) is 35.6 Å². The normalized spacial score (nSPS) is 12.7. The first kappa shape index (κ1) is 48.0. The number of nitrogens with zero attached hydrogens (tertiary/aromatic N) is 2. The lowest BCUT2D eigenvalue weighted by Gasteiger charge is -2.18. The van der Waals surface area contributed by atoms with Gasteiger partial charge in [0, 0.05) is 60.8 Å². The van der Waals surface area contributed by atoms with Crippen LogP contribution in [-0.2, 0) is 35.9 Å². The summed E-state index contributed by atoms with van der Waals surface area (Å²) in [6.07, 6.45) is 4.24. The molecule has 0 aliphatic rings. The molecule has 328 valence electrons. The number of halogens is 2. The standard InChI is InChI=1S/C49H50Cl2N4O8/c1-29(11-13-41-32(4)44(50)14-12-35(41)23-54-25-38(56)17-48(58)59)40-8-6-10-43(31(40)3)42-9-5-7-36(30(42)2)28-63-47-19-46(62-27-34-15-33(20-52)21-53-22-34)37(16-45(47)51)24-55-26-39(57)18-49(60)61/h5-16,19,21-22,38-39,54-57H,4,17-18,23-28H2,1-3H3,(H,58,59)(H,60,61)/b29-11+,41-13+/t38-,39-/m0/s1. The molecule has 5 aromatic rings. The lowest BCUT2D eigenvalue weighted by atomic mass is 9.89. The van der Waals surface area contributed by atoms with Gasteiger partial charge in [-0.3, -0.25) is 14.6 Å². The first-order chi connectivity index (χ1) is 30.1. The Morgan fingerprint density at radius 3 is 2.11 bits per heavy atom. The van der Waals surface area contributed by atoms with Crippen LogP contribution in [0.3, 0.4) is 0 Å². The van der Waals surface area contributed by atoms with E-state index in [0.717, 1.165) is 49.7 Å².